The summed E-state index contributed by atoms with van der Waals surface area (Å²) >= 11 is 5.97. The number of nitrogens with one attached hydrogen (secondary N) is 1. The number of hydrogen-bond acceptors (Lipinski definition) is 3. The predicted molar refractivity (Wildman–Crippen MR) is 79.6 cm³/mol. The molecule has 0 aliphatic heterocycles. The largest absolute Gasteiger partial charge is 0.320 e. The fourth-order valence-electron chi connectivity index (χ4n) is 1.54. The van der Waals surface area contributed by atoms with E-state index in [1.54, 1.807) is 42.5 Å². The molecule has 0 aliphatic rings. The Morgan fingerprint density at radius 1 is 1.25 bits per heavy atom. The Hall–Kier alpha value is -2.35. The third-order valence-electron chi connectivity index (χ3n) is 2.43. The number of benzene rings is 1. The predicted octanol–water partition coefficient (Wildman–Crippen LogP) is 2.30. The lowest BCUT2D eigenvalue weighted by atomic mass is 10.2. The number of hydrogen-bond donors (Lipinski definition) is 2. The maximum Gasteiger partial charge on any atom is 0.258 e. The Kier molecular flexibility index (Phi) is 4.72. The van der Waals surface area contributed by atoms with E-state index in [0.29, 0.717) is 22.1 Å². The summed E-state index contributed by atoms with van der Waals surface area (Å²) in [6.07, 6.45) is 0. The molecular weight excluding hydrogens is 274 g/mol. The Labute approximate surface area is 122 Å². The maximum absolute atomic E-state index is 12.1. The van der Waals surface area contributed by atoms with Crippen molar-refractivity contribution in [3.05, 3.63) is 58.7 Å². The highest BCUT2D eigenvalue weighted by atomic mass is 35.5. The zero-order valence-electron chi connectivity index (χ0n) is 10.6. The van der Waals surface area contributed by atoms with Gasteiger partial charge in [-0.2, -0.15) is 0 Å². The Bertz CT molecular complexity index is 689. The molecule has 0 spiro atoms. The summed E-state index contributed by atoms with van der Waals surface area (Å²) in [5, 5.41) is 3.08. The number of carbonyl (C=O) groups excluding carboxylic acids is 1. The van der Waals surface area contributed by atoms with Crippen LogP contribution in [0.25, 0.3) is 0 Å². The normalized spacial score (nSPS) is 9.50. The molecule has 1 aromatic heterocycles. The number of amides is 1. The molecule has 1 aromatic carbocycles. The second kappa shape index (κ2) is 6.71. The SMILES string of the molecule is NCC#Cc1cccc(NC(=O)c2ccccc2Cl)n1. The summed E-state index contributed by atoms with van der Waals surface area (Å²) in [4.78, 5) is 16.3. The molecule has 2 aromatic rings. The van der Waals surface area contributed by atoms with Gasteiger partial charge in [-0.05, 0) is 30.2 Å². The molecule has 0 saturated carbocycles. The number of carbonyl (C=O) groups is 1. The Balaban J connectivity index is 2.18. The third-order valence-corrected chi connectivity index (χ3v) is 2.76. The fourth-order valence-corrected chi connectivity index (χ4v) is 1.77. The number of pyridine rings is 1. The lowest BCUT2D eigenvalue weighted by Gasteiger charge is -2.06. The van der Waals surface area contributed by atoms with Crippen molar-refractivity contribution in [3.8, 4) is 11.8 Å². The summed E-state index contributed by atoms with van der Waals surface area (Å²) in [6.45, 7) is 0.262. The summed E-state index contributed by atoms with van der Waals surface area (Å²) in [7, 11) is 0. The summed E-state index contributed by atoms with van der Waals surface area (Å²) in [6, 6.07) is 12.0. The highest BCUT2D eigenvalue weighted by Crippen LogP contribution is 2.16. The summed E-state index contributed by atoms with van der Waals surface area (Å²) < 4.78 is 0. The van der Waals surface area contributed by atoms with E-state index >= 15 is 0 Å². The first kappa shape index (κ1) is 14.1. The van der Waals surface area contributed by atoms with Gasteiger partial charge in [-0.1, -0.05) is 35.7 Å². The van der Waals surface area contributed by atoms with Crippen molar-refractivity contribution < 1.29 is 4.79 Å². The van der Waals surface area contributed by atoms with Crippen LogP contribution in [-0.4, -0.2) is 17.4 Å². The first-order valence-corrected chi connectivity index (χ1v) is 6.30. The van der Waals surface area contributed by atoms with E-state index in [-0.39, 0.29) is 12.5 Å². The molecule has 0 atom stereocenters. The van der Waals surface area contributed by atoms with Crippen LogP contribution in [-0.2, 0) is 0 Å². The standard InChI is InChI=1S/C15H12ClN3O/c16-13-8-2-1-7-12(13)15(20)19-14-9-3-5-11(18-14)6-4-10-17/h1-3,5,7-9H,10,17H2,(H,18,19,20). The van der Waals surface area contributed by atoms with Gasteiger partial charge in [-0.25, -0.2) is 4.98 Å². The molecule has 0 aliphatic carbocycles. The van der Waals surface area contributed by atoms with Crippen molar-refractivity contribution in [2.45, 2.75) is 0 Å². The molecule has 0 fully saturated rings. The van der Waals surface area contributed by atoms with Gasteiger partial charge in [0.15, 0.2) is 0 Å². The molecule has 0 bridgehead atoms. The second-order valence-electron chi connectivity index (χ2n) is 3.85. The van der Waals surface area contributed by atoms with E-state index in [0.717, 1.165) is 0 Å². The number of aromatic nitrogens is 1. The van der Waals surface area contributed by atoms with Crippen LogP contribution < -0.4 is 11.1 Å². The van der Waals surface area contributed by atoms with Gasteiger partial charge in [0.1, 0.15) is 11.5 Å². The smallest absolute Gasteiger partial charge is 0.258 e. The van der Waals surface area contributed by atoms with Gasteiger partial charge in [-0.15, -0.1) is 0 Å². The van der Waals surface area contributed by atoms with E-state index in [2.05, 4.69) is 22.1 Å². The zero-order chi connectivity index (χ0) is 14.4. The molecule has 0 unspecified atom stereocenters. The maximum atomic E-state index is 12.1. The number of halogens is 1. The lowest BCUT2D eigenvalue weighted by molar-refractivity contribution is 0.102. The molecule has 0 saturated heterocycles. The molecular formula is C15H12ClN3O. The van der Waals surface area contributed by atoms with Crippen molar-refractivity contribution in [3.63, 3.8) is 0 Å². The highest BCUT2D eigenvalue weighted by molar-refractivity contribution is 6.34. The zero-order valence-corrected chi connectivity index (χ0v) is 11.3. The summed E-state index contributed by atoms with van der Waals surface area (Å²) in [5.41, 5.74) is 6.25. The van der Waals surface area contributed by atoms with E-state index in [4.69, 9.17) is 17.3 Å². The van der Waals surface area contributed by atoms with Crippen LogP contribution in [0.4, 0.5) is 5.82 Å². The molecule has 1 amide bonds. The van der Waals surface area contributed by atoms with Gasteiger partial charge in [0.05, 0.1) is 17.1 Å². The molecule has 3 N–H and O–H groups in total. The molecule has 2 rings (SSSR count). The van der Waals surface area contributed by atoms with Gasteiger partial charge in [0, 0.05) is 0 Å². The van der Waals surface area contributed by atoms with Crippen LogP contribution in [0, 0.1) is 11.8 Å². The van der Waals surface area contributed by atoms with Crippen molar-refractivity contribution >= 4 is 23.3 Å². The Morgan fingerprint density at radius 2 is 2.05 bits per heavy atom. The lowest BCUT2D eigenvalue weighted by Crippen LogP contribution is -2.13. The number of rotatable bonds is 2. The second-order valence-corrected chi connectivity index (χ2v) is 4.26. The minimum absolute atomic E-state index is 0.262. The summed E-state index contributed by atoms with van der Waals surface area (Å²) in [5.74, 6) is 5.62. The molecule has 5 heteroatoms. The average Bonchev–Trinajstić information content (AvgIpc) is 2.46. The molecule has 0 radical (unpaired) electrons. The van der Waals surface area contributed by atoms with Crippen LogP contribution >= 0.6 is 11.6 Å². The van der Waals surface area contributed by atoms with Crippen molar-refractivity contribution in [2.24, 2.45) is 5.73 Å². The van der Waals surface area contributed by atoms with Crippen LogP contribution in [0.2, 0.25) is 5.02 Å². The first-order chi connectivity index (χ1) is 9.70. The molecule has 1 heterocycles. The Morgan fingerprint density at radius 3 is 2.80 bits per heavy atom. The van der Waals surface area contributed by atoms with Gasteiger partial charge in [0.2, 0.25) is 0 Å². The van der Waals surface area contributed by atoms with Crippen LogP contribution in [0.1, 0.15) is 16.1 Å². The van der Waals surface area contributed by atoms with E-state index in [1.165, 1.54) is 0 Å². The van der Waals surface area contributed by atoms with Gasteiger partial charge in [0.25, 0.3) is 5.91 Å². The fraction of sp³-hybridized carbons (Fsp3) is 0.0667. The number of nitrogens with zero attached hydrogens (tertiary/aromatic N) is 1. The minimum atomic E-state index is -0.313. The molecule has 4 nitrogen and oxygen atoms in total. The molecule has 20 heavy (non-hydrogen) atoms. The van der Waals surface area contributed by atoms with Crippen LogP contribution in [0.5, 0.6) is 0 Å². The monoisotopic (exact) mass is 285 g/mol. The van der Waals surface area contributed by atoms with Gasteiger partial charge in [-0.3, -0.25) is 4.79 Å². The van der Waals surface area contributed by atoms with Gasteiger partial charge >= 0.3 is 0 Å². The van der Waals surface area contributed by atoms with E-state index in [1.807, 2.05) is 0 Å². The third kappa shape index (κ3) is 3.58. The van der Waals surface area contributed by atoms with Crippen molar-refractivity contribution in [1.29, 1.82) is 0 Å². The van der Waals surface area contributed by atoms with Crippen molar-refractivity contribution in [2.75, 3.05) is 11.9 Å². The van der Waals surface area contributed by atoms with E-state index < -0.39 is 0 Å². The minimum Gasteiger partial charge on any atom is -0.320 e. The molecule has 100 valence electrons. The van der Waals surface area contributed by atoms with E-state index in [9.17, 15) is 4.79 Å². The number of anilines is 1. The highest BCUT2D eigenvalue weighted by Gasteiger charge is 2.10. The van der Waals surface area contributed by atoms with Crippen LogP contribution in [0.15, 0.2) is 42.5 Å². The quantitative estimate of drug-likeness (QED) is 0.832. The number of nitrogens with two attached hydrogens (primary N) is 1. The average molecular weight is 286 g/mol. The topological polar surface area (TPSA) is 68.0 Å². The van der Waals surface area contributed by atoms with Crippen LogP contribution in [0.3, 0.4) is 0 Å². The van der Waals surface area contributed by atoms with Gasteiger partial charge < -0.3 is 11.1 Å². The van der Waals surface area contributed by atoms with Crippen molar-refractivity contribution in [1.82, 2.24) is 4.98 Å². The first-order valence-electron chi connectivity index (χ1n) is 5.92.